The van der Waals surface area contributed by atoms with E-state index in [-0.39, 0.29) is 5.91 Å². The average Bonchev–Trinajstić information content (AvgIpc) is 2.89. The minimum absolute atomic E-state index is 0.326. The molecule has 0 unspecified atom stereocenters. The average molecular weight is 287 g/mol. The number of H-pyrrole nitrogens is 1. The highest BCUT2D eigenvalue weighted by Gasteiger charge is 2.07. The lowest BCUT2D eigenvalue weighted by atomic mass is 10.1. The third kappa shape index (κ3) is 2.24. The summed E-state index contributed by atoms with van der Waals surface area (Å²) >= 11 is 5.94. The smallest absolute Gasteiger partial charge is 0.265 e. The Bertz CT molecular complexity index is 779. The molecule has 1 aromatic heterocycles. The van der Waals surface area contributed by atoms with Gasteiger partial charge in [-0.3, -0.25) is 10.2 Å². The zero-order chi connectivity index (χ0) is 14.1. The predicted molar refractivity (Wildman–Crippen MR) is 78.2 cm³/mol. The van der Waals surface area contributed by atoms with E-state index in [1.54, 1.807) is 18.2 Å². The molecule has 0 bridgehead atoms. The number of halogens is 1. The molecule has 0 aliphatic carbocycles. The first-order valence-electron chi connectivity index (χ1n) is 5.94. The number of benzene rings is 2. The number of hydrazine groups is 1. The molecule has 0 aliphatic rings. The molecule has 0 spiro atoms. The number of nitrogens with one attached hydrogen (secondary N) is 2. The highest BCUT2D eigenvalue weighted by Crippen LogP contribution is 2.23. The van der Waals surface area contributed by atoms with Crippen LogP contribution in [0.2, 0.25) is 5.02 Å². The van der Waals surface area contributed by atoms with Crippen LogP contribution in [0.15, 0.2) is 42.5 Å². The van der Waals surface area contributed by atoms with Gasteiger partial charge in [-0.1, -0.05) is 23.7 Å². The van der Waals surface area contributed by atoms with Gasteiger partial charge in [0.2, 0.25) is 0 Å². The van der Waals surface area contributed by atoms with E-state index in [0.29, 0.717) is 10.6 Å². The van der Waals surface area contributed by atoms with Gasteiger partial charge in [0.15, 0.2) is 0 Å². The summed E-state index contributed by atoms with van der Waals surface area (Å²) < 4.78 is 0. The molecule has 0 fully saturated rings. The Morgan fingerprint density at radius 1 is 1.20 bits per heavy atom. The number of hydrogen-bond acceptors (Lipinski definition) is 3. The third-order valence-corrected chi connectivity index (χ3v) is 3.23. The van der Waals surface area contributed by atoms with Crippen molar-refractivity contribution in [1.29, 1.82) is 0 Å². The van der Waals surface area contributed by atoms with E-state index in [9.17, 15) is 4.79 Å². The van der Waals surface area contributed by atoms with Gasteiger partial charge in [-0.25, -0.2) is 10.8 Å². The van der Waals surface area contributed by atoms with Gasteiger partial charge in [-0.2, -0.15) is 0 Å². The standard InChI is InChI=1S/C14H11ClN4O/c15-10-5-6-11-12(7-10)18-13(17-11)8-1-3-9(4-2-8)14(20)19-16/h1-7H,16H2,(H,17,18)(H,19,20). The van der Waals surface area contributed by atoms with Crippen LogP contribution in [0.4, 0.5) is 0 Å². The van der Waals surface area contributed by atoms with Crippen LogP contribution in [-0.2, 0) is 0 Å². The van der Waals surface area contributed by atoms with Crippen LogP contribution in [0.3, 0.4) is 0 Å². The summed E-state index contributed by atoms with van der Waals surface area (Å²) in [5.74, 6) is 5.49. The quantitative estimate of drug-likeness (QED) is 0.384. The SMILES string of the molecule is NNC(=O)c1ccc(-c2nc3ccc(Cl)cc3[nH]2)cc1. The fraction of sp³-hybridized carbons (Fsp3) is 0. The van der Waals surface area contributed by atoms with Crippen molar-refractivity contribution in [2.45, 2.75) is 0 Å². The van der Waals surface area contributed by atoms with E-state index in [1.165, 1.54) is 0 Å². The summed E-state index contributed by atoms with van der Waals surface area (Å²) in [4.78, 5) is 19.0. The van der Waals surface area contributed by atoms with Crippen molar-refractivity contribution in [1.82, 2.24) is 15.4 Å². The Kier molecular flexibility index (Phi) is 3.14. The van der Waals surface area contributed by atoms with Crippen molar-refractivity contribution in [2.75, 3.05) is 0 Å². The van der Waals surface area contributed by atoms with Gasteiger partial charge >= 0.3 is 0 Å². The summed E-state index contributed by atoms with van der Waals surface area (Å²) in [6.07, 6.45) is 0. The van der Waals surface area contributed by atoms with Crippen LogP contribution >= 0.6 is 11.6 Å². The number of rotatable bonds is 2. The minimum atomic E-state index is -0.326. The number of carbonyl (C=O) groups excluding carboxylic acids is 1. The molecule has 6 heteroatoms. The number of carbonyl (C=O) groups is 1. The fourth-order valence-electron chi connectivity index (χ4n) is 1.98. The molecule has 1 heterocycles. The maximum absolute atomic E-state index is 11.4. The molecule has 0 radical (unpaired) electrons. The van der Waals surface area contributed by atoms with Crippen LogP contribution in [-0.4, -0.2) is 15.9 Å². The van der Waals surface area contributed by atoms with E-state index in [1.807, 2.05) is 24.3 Å². The van der Waals surface area contributed by atoms with Gasteiger partial charge in [0.05, 0.1) is 11.0 Å². The van der Waals surface area contributed by atoms with Crippen LogP contribution in [0.5, 0.6) is 0 Å². The highest BCUT2D eigenvalue weighted by molar-refractivity contribution is 6.31. The van der Waals surface area contributed by atoms with Crippen LogP contribution < -0.4 is 11.3 Å². The van der Waals surface area contributed by atoms with Gasteiger partial charge in [0.1, 0.15) is 5.82 Å². The highest BCUT2D eigenvalue weighted by atomic mass is 35.5. The number of nitrogens with two attached hydrogens (primary N) is 1. The summed E-state index contributed by atoms with van der Waals surface area (Å²) in [6, 6.07) is 12.5. The summed E-state index contributed by atoms with van der Waals surface area (Å²) in [5.41, 5.74) is 5.18. The normalized spacial score (nSPS) is 10.7. The van der Waals surface area contributed by atoms with Crippen molar-refractivity contribution < 1.29 is 4.79 Å². The van der Waals surface area contributed by atoms with Gasteiger partial charge in [-0.15, -0.1) is 0 Å². The van der Waals surface area contributed by atoms with Gasteiger partial charge in [0.25, 0.3) is 5.91 Å². The zero-order valence-corrected chi connectivity index (χ0v) is 11.1. The Hall–Kier alpha value is -2.37. The van der Waals surface area contributed by atoms with Crippen LogP contribution in [0.25, 0.3) is 22.4 Å². The maximum atomic E-state index is 11.4. The summed E-state index contributed by atoms with van der Waals surface area (Å²) in [6.45, 7) is 0. The first kappa shape index (κ1) is 12.7. The minimum Gasteiger partial charge on any atom is -0.338 e. The number of aromatic amines is 1. The molecule has 1 amide bonds. The molecule has 3 aromatic rings. The molecule has 5 nitrogen and oxygen atoms in total. The first-order valence-corrected chi connectivity index (χ1v) is 6.32. The van der Waals surface area contributed by atoms with Crippen LogP contribution in [0, 0.1) is 0 Å². The second kappa shape index (κ2) is 4.96. The Morgan fingerprint density at radius 3 is 2.65 bits per heavy atom. The number of aromatic nitrogens is 2. The van der Waals surface area contributed by atoms with Gasteiger partial charge < -0.3 is 4.98 Å². The Morgan fingerprint density at radius 2 is 1.95 bits per heavy atom. The largest absolute Gasteiger partial charge is 0.338 e. The summed E-state index contributed by atoms with van der Waals surface area (Å²) in [5, 5.41) is 0.655. The van der Waals surface area contributed by atoms with E-state index >= 15 is 0 Å². The number of nitrogens with zero attached hydrogens (tertiary/aromatic N) is 1. The molecule has 0 atom stereocenters. The molecule has 100 valence electrons. The Labute approximate surface area is 119 Å². The number of hydrogen-bond donors (Lipinski definition) is 3. The first-order chi connectivity index (χ1) is 9.67. The van der Waals surface area contributed by atoms with Crippen molar-refractivity contribution in [3.8, 4) is 11.4 Å². The number of amides is 1. The van der Waals surface area contributed by atoms with E-state index < -0.39 is 0 Å². The molecule has 3 rings (SSSR count). The molecule has 4 N–H and O–H groups in total. The summed E-state index contributed by atoms with van der Waals surface area (Å²) in [7, 11) is 0. The molecule has 0 aliphatic heterocycles. The zero-order valence-electron chi connectivity index (χ0n) is 10.4. The number of fused-ring (bicyclic) bond motifs is 1. The molecule has 0 saturated carbocycles. The monoisotopic (exact) mass is 286 g/mol. The lowest BCUT2D eigenvalue weighted by Gasteiger charge is -2.00. The van der Waals surface area contributed by atoms with Crippen molar-refractivity contribution in [3.63, 3.8) is 0 Å². The lowest BCUT2D eigenvalue weighted by molar-refractivity contribution is 0.0953. The molecule has 20 heavy (non-hydrogen) atoms. The van der Waals surface area contributed by atoms with E-state index in [4.69, 9.17) is 17.4 Å². The number of imidazole rings is 1. The Balaban J connectivity index is 2.00. The maximum Gasteiger partial charge on any atom is 0.265 e. The van der Waals surface area contributed by atoms with Gasteiger partial charge in [-0.05, 0) is 30.3 Å². The fourth-order valence-corrected chi connectivity index (χ4v) is 2.15. The van der Waals surface area contributed by atoms with Crippen molar-refractivity contribution in [2.24, 2.45) is 5.84 Å². The van der Waals surface area contributed by atoms with E-state index in [2.05, 4.69) is 15.4 Å². The number of nitrogen functional groups attached to an aromatic ring is 1. The van der Waals surface area contributed by atoms with Crippen LogP contribution in [0.1, 0.15) is 10.4 Å². The second-order valence-electron chi connectivity index (χ2n) is 4.30. The predicted octanol–water partition coefficient (Wildman–Crippen LogP) is 2.49. The van der Waals surface area contributed by atoms with Crippen molar-refractivity contribution >= 4 is 28.5 Å². The van der Waals surface area contributed by atoms with Gasteiger partial charge in [0, 0.05) is 16.1 Å². The second-order valence-corrected chi connectivity index (χ2v) is 4.73. The molecular weight excluding hydrogens is 276 g/mol. The van der Waals surface area contributed by atoms with E-state index in [0.717, 1.165) is 22.4 Å². The topological polar surface area (TPSA) is 83.8 Å². The third-order valence-electron chi connectivity index (χ3n) is 3.00. The molecular formula is C14H11ClN4O. The molecule has 2 aromatic carbocycles. The lowest BCUT2D eigenvalue weighted by Crippen LogP contribution is -2.29. The molecule has 0 saturated heterocycles. The van der Waals surface area contributed by atoms with Crippen molar-refractivity contribution in [3.05, 3.63) is 53.1 Å².